The SMILES string of the molecule is CCOC1CC(Nc2cc(Cl)c(Cl)cc2Cl)C1(C)CC. The third-order valence-corrected chi connectivity index (χ3v) is 5.49. The summed E-state index contributed by atoms with van der Waals surface area (Å²) in [6.07, 6.45) is 2.33. The van der Waals surface area contributed by atoms with Crippen molar-refractivity contribution < 1.29 is 4.74 Å². The molecule has 5 heteroatoms. The number of halogens is 3. The van der Waals surface area contributed by atoms with Crippen molar-refractivity contribution in [3.63, 3.8) is 0 Å². The summed E-state index contributed by atoms with van der Waals surface area (Å²) < 4.78 is 5.81. The lowest BCUT2D eigenvalue weighted by Crippen LogP contribution is -2.59. The zero-order chi connectivity index (χ0) is 14.9. The Balaban J connectivity index is 2.13. The van der Waals surface area contributed by atoms with Crippen LogP contribution in [0.1, 0.15) is 33.6 Å². The number of nitrogens with one attached hydrogen (secondary N) is 1. The van der Waals surface area contributed by atoms with Gasteiger partial charge in [-0.05, 0) is 31.9 Å². The van der Waals surface area contributed by atoms with Crippen LogP contribution in [0.2, 0.25) is 15.1 Å². The van der Waals surface area contributed by atoms with Crippen LogP contribution in [-0.4, -0.2) is 18.8 Å². The lowest BCUT2D eigenvalue weighted by Gasteiger charge is -2.54. The Labute approximate surface area is 135 Å². The molecule has 2 rings (SSSR count). The highest BCUT2D eigenvalue weighted by Crippen LogP contribution is 2.48. The normalized spacial score (nSPS) is 29.1. The van der Waals surface area contributed by atoms with Crippen LogP contribution < -0.4 is 5.32 Å². The monoisotopic (exact) mass is 335 g/mol. The fourth-order valence-corrected chi connectivity index (χ4v) is 3.40. The van der Waals surface area contributed by atoms with E-state index in [-0.39, 0.29) is 5.41 Å². The molecule has 1 aromatic carbocycles. The van der Waals surface area contributed by atoms with Gasteiger partial charge in [-0.15, -0.1) is 0 Å². The second-order valence-electron chi connectivity index (χ2n) is 5.48. The minimum Gasteiger partial charge on any atom is -0.380 e. The van der Waals surface area contributed by atoms with Gasteiger partial charge in [0.1, 0.15) is 0 Å². The molecule has 0 aromatic heterocycles. The summed E-state index contributed by atoms with van der Waals surface area (Å²) in [5.41, 5.74) is 0.950. The number of ether oxygens (including phenoxy) is 1. The van der Waals surface area contributed by atoms with Crippen LogP contribution in [0, 0.1) is 5.41 Å². The largest absolute Gasteiger partial charge is 0.380 e. The molecule has 1 saturated carbocycles. The van der Waals surface area contributed by atoms with Crippen LogP contribution in [0.15, 0.2) is 12.1 Å². The Morgan fingerprint density at radius 1 is 1.20 bits per heavy atom. The zero-order valence-electron chi connectivity index (χ0n) is 12.0. The Morgan fingerprint density at radius 3 is 2.45 bits per heavy atom. The van der Waals surface area contributed by atoms with Crippen molar-refractivity contribution in [1.29, 1.82) is 0 Å². The molecule has 20 heavy (non-hydrogen) atoms. The molecule has 112 valence electrons. The maximum absolute atomic E-state index is 6.22. The minimum atomic E-state index is 0.117. The second kappa shape index (κ2) is 6.31. The highest BCUT2D eigenvalue weighted by atomic mass is 35.5. The average molecular weight is 337 g/mol. The quantitative estimate of drug-likeness (QED) is 0.701. The van der Waals surface area contributed by atoms with Gasteiger partial charge in [-0.25, -0.2) is 0 Å². The first-order valence-corrected chi connectivity index (χ1v) is 8.08. The number of hydrogen-bond acceptors (Lipinski definition) is 2. The topological polar surface area (TPSA) is 21.3 Å². The molecule has 2 nitrogen and oxygen atoms in total. The first-order valence-electron chi connectivity index (χ1n) is 6.95. The van der Waals surface area contributed by atoms with Crippen molar-refractivity contribution in [2.24, 2.45) is 5.41 Å². The Morgan fingerprint density at radius 2 is 1.85 bits per heavy atom. The number of anilines is 1. The second-order valence-corrected chi connectivity index (χ2v) is 6.70. The zero-order valence-corrected chi connectivity index (χ0v) is 14.2. The Bertz CT molecular complexity index is 494. The average Bonchev–Trinajstić information content (AvgIpc) is 2.42. The minimum absolute atomic E-state index is 0.117. The molecule has 0 heterocycles. The van der Waals surface area contributed by atoms with Crippen molar-refractivity contribution in [2.45, 2.75) is 45.8 Å². The van der Waals surface area contributed by atoms with Gasteiger partial charge in [0.25, 0.3) is 0 Å². The van der Waals surface area contributed by atoms with Crippen molar-refractivity contribution >= 4 is 40.5 Å². The van der Waals surface area contributed by atoms with Gasteiger partial charge in [-0.2, -0.15) is 0 Å². The lowest BCUT2D eigenvalue weighted by molar-refractivity contribution is -0.109. The summed E-state index contributed by atoms with van der Waals surface area (Å²) in [5.74, 6) is 0. The molecule has 0 amide bonds. The number of hydrogen-bond donors (Lipinski definition) is 1. The predicted octanol–water partition coefficient (Wildman–Crippen LogP) is 5.65. The summed E-state index contributed by atoms with van der Waals surface area (Å²) in [6, 6.07) is 3.80. The van der Waals surface area contributed by atoms with E-state index in [2.05, 4.69) is 19.2 Å². The summed E-state index contributed by atoms with van der Waals surface area (Å²) in [6.45, 7) is 7.23. The molecule has 3 unspecified atom stereocenters. The molecule has 3 atom stereocenters. The van der Waals surface area contributed by atoms with Crippen LogP contribution in [0.25, 0.3) is 0 Å². The Hall–Kier alpha value is -0.150. The van der Waals surface area contributed by atoms with Gasteiger partial charge in [-0.3, -0.25) is 0 Å². The van der Waals surface area contributed by atoms with Gasteiger partial charge in [0.15, 0.2) is 0 Å². The maximum Gasteiger partial charge on any atom is 0.0667 e. The van der Waals surface area contributed by atoms with Crippen molar-refractivity contribution in [3.8, 4) is 0 Å². The number of rotatable bonds is 5. The van der Waals surface area contributed by atoms with E-state index in [1.165, 1.54) is 0 Å². The highest BCUT2D eigenvalue weighted by Gasteiger charge is 2.51. The first kappa shape index (κ1) is 16.2. The van der Waals surface area contributed by atoms with Gasteiger partial charge in [0.05, 0.1) is 26.9 Å². The van der Waals surface area contributed by atoms with E-state index < -0.39 is 0 Å². The van der Waals surface area contributed by atoms with Crippen LogP contribution in [0.3, 0.4) is 0 Å². The molecule has 0 bridgehead atoms. The van der Waals surface area contributed by atoms with E-state index >= 15 is 0 Å². The Kier molecular flexibility index (Phi) is 5.12. The third kappa shape index (κ3) is 2.89. The van der Waals surface area contributed by atoms with Crippen molar-refractivity contribution in [2.75, 3.05) is 11.9 Å². The third-order valence-electron chi connectivity index (χ3n) is 4.45. The van der Waals surface area contributed by atoms with E-state index in [0.29, 0.717) is 27.2 Å². The van der Waals surface area contributed by atoms with E-state index in [1.54, 1.807) is 12.1 Å². The highest BCUT2D eigenvalue weighted by molar-refractivity contribution is 6.44. The summed E-state index contributed by atoms with van der Waals surface area (Å²) in [7, 11) is 0. The van der Waals surface area contributed by atoms with Gasteiger partial charge >= 0.3 is 0 Å². The molecule has 1 fully saturated rings. The van der Waals surface area contributed by atoms with E-state index in [9.17, 15) is 0 Å². The molecule has 0 radical (unpaired) electrons. The fourth-order valence-electron chi connectivity index (χ4n) is 2.79. The summed E-state index contributed by atoms with van der Waals surface area (Å²) in [5, 5.41) is 5.07. The van der Waals surface area contributed by atoms with Gasteiger partial charge in [0, 0.05) is 18.1 Å². The molecule has 1 aliphatic carbocycles. The van der Waals surface area contributed by atoms with Gasteiger partial charge in [-0.1, -0.05) is 48.7 Å². The maximum atomic E-state index is 6.22. The number of benzene rings is 1. The molecular formula is C15H20Cl3NO. The van der Waals surface area contributed by atoms with E-state index in [0.717, 1.165) is 25.1 Å². The van der Waals surface area contributed by atoms with Gasteiger partial charge in [0.2, 0.25) is 0 Å². The van der Waals surface area contributed by atoms with Crippen LogP contribution in [0.5, 0.6) is 0 Å². The fraction of sp³-hybridized carbons (Fsp3) is 0.600. The first-order chi connectivity index (χ1) is 9.42. The molecule has 1 N–H and O–H groups in total. The molecule has 0 aliphatic heterocycles. The molecular weight excluding hydrogens is 317 g/mol. The van der Waals surface area contributed by atoms with E-state index in [1.807, 2.05) is 6.92 Å². The molecule has 0 spiro atoms. The summed E-state index contributed by atoms with van der Waals surface area (Å²) in [4.78, 5) is 0. The van der Waals surface area contributed by atoms with Crippen LogP contribution in [0.4, 0.5) is 5.69 Å². The standard InChI is InChI=1S/C15H20Cl3NO/c1-4-15(3)13(8-14(15)20-5-2)19-12-7-10(17)9(16)6-11(12)18/h6-7,13-14,19H,4-5,8H2,1-3H3. The summed E-state index contributed by atoms with van der Waals surface area (Å²) >= 11 is 18.2. The predicted molar refractivity (Wildman–Crippen MR) is 87.3 cm³/mol. The molecule has 1 aliphatic rings. The van der Waals surface area contributed by atoms with Crippen LogP contribution >= 0.6 is 34.8 Å². The molecule has 1 aromatic rings. The van der Waals surface area contributed by atoms with E-state index in [4.69, 9.17) is 39.5 Å². The van der Waals surface area contributed by atoms with Gasteiger partial charge < -0.3 is 10.1 Å². The lowest BCUT2D eigenvalue weighted by atomic mass is 9.61. The van der Waals surface area contributed by atoms with Crippen molar-refractivity contribution in [3.05, 3.63) is 27.2 Å². The van der Waals surface area contributed by atoms with Crippen LogP contribution in [-0.2, 0) is 4.74 Å². The van der Waals surface area contributed by atoms with Crippen molar-refractivity contribution in [1.82, 2.24) is 0 Å². The molecule has 0 saturated heterocycles. The smallest absolute Gasteiger partial charge is 0.0667 e.